The van der Waals surface area contributed by atoms with E-state index in [9.17, 15) is 9.59 Å². The summed E-state index contributed by atoms with van der Waals surface area (Å²) in [5.41, 5.74) is 0. The zero-order chi connectivity index (χ0) is 15.3. The zero-order valence-electron chi connectivity index (χ0n) is 12.8. The number of carboxylic acids is 1. The molecule has 1 aliphatic rings. The van der Waals surface area contributed by atoms with Gasteiger partial charge >= 0.3 is 12.0 Å². The predicted molar refractivity (Wildman–Crippen MR) is 75.6 cm³/mol. The molecule has 2 unspecified atom stereocenters. The Balaban J connectivity index is 2.68. The number of ether oxygens (including phenoxy) is 1. The number of methoxy groups -OCH3 is 1. The van der Waals surface area contributed by atoms with Gasteiger partial charge in [0.05, 0.1) is 6.61 Å². The van der Waals surface area contributed by atoms with Crippen molar-refractivity contribution in [1.29, 1.82) is 0 Å². The summed E-state index contributed by atoms with van der Waals surface area (Å²) in [4.78, 5) is 25.2. The second-order valence-corrected chi connectivity index (χ2v) is 5.77. The van der Waals surface area contributed by atoms with Gasteiger partial charge in [-0.15, -0.1) is 0 Å². The molecule has 6 heteroatoms. The van der Waals surface area contributed by atoms with Gasteiger partial charge in [0.2, 0.25) is 0 Å². The highest BCUT2D eigenvalue weighted by atomic mass is 16.5. The first-order chi connectivity index (χ1) is 9.38. The summed E-state index contributed by atoms with van der Waals surface area (Å²) in [5.74, 6) is -0.629. The Hall–Kier alpha value is -1.30. The molecule has 0 radical (unpaired) electrons. The minimum atomic E-state index is -1.00. The Kier molecular flexibility index (Phi) is 6.26. The molecule has 116 valence electrons. The second-order valence-electron chi connectivity index (χ2n) is 5.77. The fourth-order valence-electron chi connectivity index (χ4n) is 2.24. The molecule has 0 aliphatic heterocycles. The van der Waals surface area contributed by atoms with Gasteiger partial charge in [0.15, 0.2) is 0 Å². The van der Waals surface area contributed by atoms with Crippen LogP contribution in [0.2, 0.25) is 0 Å². The largest absolute Gasteiger partial charge is 0.480 e. The van der Waals surface area contributed by atoms with Gasteiger partial charge in [-0.3, -0.25) is 0 Å². The SMILES string of the molecule is COCCN(C(=O)NC(C(=O)O)C(C)C)C(C)C1CC1. The molecule has 2 atom stereocenters. The fourth-order valence-corrected chi connectivity index (χ4v) is 2.24. The van der Waals surface area contributed by atoms with E-state index in [1.165, 1.54) is 0 Å². The molecule has 20 heavy (non-hydrogen) atoms. The van der Waals surface area contributed by atoms with Crippen molar-refractivity contribution in [2.24, 2.45) is 11.8 Å². The molecule has 0 aromatic carbocycles. The average Bonchev–Trinajstić information content (AvgIpc) is 3.19. The number of nitrogens with zero attached hydrogens (tertiary/aromatic N) is 1. The summed E-state index contributed by atoms with van der Waals surface area (Å²) in [6, 6.07) is -1.06. The van der Waals surface area contributed by atoms with Crippen molar-refractivity contribution in [2.75, 3.05) is 20.3 Å². The summed E-state index contributed by atoms with van der Waals surface area (Å²) in [5, 5.41) is 11.8. The molecule has 1 rings (SSSR count). The Morgan fingerprint density at radius 3 is 2.35 bits per heavy atom. The number of aliphatic carboxylic acids is 1. The van der Waals surface area contributed by atoms with Gasteiger partial charge in [-0.25, -0.2) is 9.59 Å². The van der Waals surface area contributed by atoms with Crippen LogP contribution in [0.1, 0.15) is 33.6 Å². The minimum Gasteiger partial charge on any atom is -0.480 e. The topological polar surface area (TPSA) is 78.9 Å². The van der Waals surface area contributed by atoms with Crippen LogP contribution in [0.15, 0.2) is 0 Å². The van der Waals surface area contributed by atoms with Gasteiger partial charge < -0.3 is 20.1 Å². The molecule has 0 aromatic heterocycles. The number of urea groups is 1. The van der Waals surface area contributed by atoms with E-state index in [1.807, 2.05) is 6.92 Å². The minimum absolute atomic E-state index is 0.117. The van der Waals surface area contributed by atoms with E-state index in [-0.39, 0.29) is 18.0 Å². The highest BCUT2D eigenvalue weighted by molar-refractivity contribution is 5.83. The van der Waals surface area contributed by atoms with Crippen molar-refractivity contribution < 1.29 is 19.4 Å². The van der Waals surface area contributed by atoms with E-state index in [4.69, 9.17) is 9.84 Å². The maximum atomic E-state index is 12.3. The van der Waals surface area contributed by atoms with Crippen LogP contribution >= 0.6 is 0 Å². The molecule has 1 saturated carbocycles. The Labute approximate surface area is 120 Å². The third-order valence-corrected chi connectivity index (χ3v) is 3.80. The lowest BCUT2D eigenvalue weighted by molar-refractivity contribution is -0.140. The van der Waals surface area contributed by atoms with Crippen molar-refractivity contribution in [1.82, 2.24) is 10.2 Å². The van der Waals surface area contributed by atoms with Gasteiger partial charge in [-0.2, -0.15) is 0 Å². The third-order valence-electron chi connectivity index (χ3n) is 3.80. The first kappa shape index (κ1) is 16.8. The lowest BCUT2D eigenvalue weighted by Crippen LogP contribution is -2.53. The first-order valence-corrected chi connectivity index (χ1v) is 7.17. The summed E-state index contributed by atoms with van der Waals surface area (Å²) < 4.78 is 5.03. The van der Waals surface area contributed by atoms with Gasteiger partial charge in [-0.05, 0) is 31.6 Å². The fraction of sp³-hybridized carbons (Fsp3) is 0.857. The number of carbonyl (C=O) groups is 2. The van der Waals surface area contributed by atoms with Crippen LogP contribution in [0, 0.1) is 11.8 Å². The molecule has 0 spiro atoms. The zero-order valence-corrected chi connectivity index (χ0v) is 12.8. The summed E-state index contributed by atoms with van der Waals surface area (Å²) in [6.07, 6.45) is 2.26. The van der Waals surface area contributed by atoms with Crippen LogP contribution in [0.5, 0.6) is 0 Å². The smallest absolute Gasteiger partial charge is 0.326 e. The van der Waals surface area contributed by atoms with Crippen molar-refractivity contribution in [3.05, 3.63) is 0 Å². The Morgan fingerprint density at radius 2 is 1.95 bits per heavy atom. The van der Waals surface area contributed by atoms with Crippen LogP contribution < -0.4 is 5.32 Å². The van der Waals surface area contributed by atoms with Crippen LogP contribution in [0.4, 0.5) is 4.79 Å². The maximum absolute atomic E-state index is 12.3. The molecule has 1 fully saturated rings. The van der Waals surface area contributed by atoms with Crippen molar-refractivity contribution >= 4 is 12.0 Å². The second kappa shape index (κ2) is 7.47. The van der Waals surface area contributed by atoms with Crippen molar-refractivity contribution in [3.63, 3.8) is 0 Å². The maximum Gasteiger partial charge on any atom is 0.326 e. The number of nitrogens with one attached hydrogen (secondary N) is 1. The predicted octanol–water partition coefficient (Wildman–Crippen LogP) is 1.55. The van der Waals surface area contributed by atoms with E-state index in [2.05, 4.69) is 5.32 Å². The van der Waals surface area contributed by atoms with Gasteiger partial charge in [0, 0.05) is 19.7 Å². The standard InChI is InChI=1S/C14H26N2O4/c1-9(2)12(13(17)18)15-14(19)16(7-8-20-4)10(3)11-5-6-11/h9-12H,5-8H2,1-4H3,(H,15,19)(H,17,18). The number of carboxylic acid groups (broad SMARTS) is 1. The lowest BCUT2D eigenvalue weighted by Gasteiger charge is -2.31. The molecule has 0 saturated heterocycles. The number of hydrogen-bond acceptors (Lipinski definition) is 3. The normalized spacial score (nSPS) is 17.6. The van der Waals surface area contributed by atoms with Crippen LogP contribution in [-0.2, 0) is 9.53 Å². The lowest BCUT2D eigenvalue weighted by atomic mass is 10.1. The van der Waals surface area contributed by atoms with E-state index in [0.29, 0.717) is 19.1 Å². The number of amides is 2. The Morgan fingerprint density at radius 1 is 1.35 bits per heavy atom. The number of carbonyl (C=O) groups excluding carboxylic acids is 1. The van der Waals surface area contributed by atoms with Gasteiger partial charge in [0.1, 0.15) is 6.04 Å². The third kappa shape index (κ3) is 4.67. The molecule has 0 aromatic rings. The van der Waals surface area contributed by atoms with Crippen LogP contribution in [0.3, 0.4) is 0 Å². The average molecular weight is 286 g/mol. The number of rotatable bonds is 8. The van der Waals surface area contributed by atoms with E-state index in [1.54, 1.807) is 25.9 Å². The highest BCUT2D eigenvalue weighted by Gasteiger charge is 2.35. The molecule has 0 heterocycles. The molecule has 1 aliphatic carbocycles. The monoisotopic (exact) mass is 286 g/mol. The Bertz CT molecular complexity index is 342. The van der Waals surface area contributed by atoms with Crippen molar-refractivity contribution in [2.45, 2.75) is 45.7 Å². The highest BCUT2D eigenvalue weighted by Crippen LogP contribution is 2.35. The first-order valence-electron chi connectivity index (χ1n) is 7.17. The molecular formula is C14H26N2O4. The molecule has 0 bridgehead atoms. The van der Waals surface area contributed by atoms with Crippen molar-refractivity contribution in [3.8, 4) is 0 Å². The summed E-state index contributed by atoms with van der Waals surface area (Å²) in [6.45, 7) is 6.50. The van der Waals surface area contributed by atoms with Gasteiger partial charge in [0.25, 0.3) is 0 Å². The quantitative estimate of drug-likeness (QED) is 0.709. The van der Waals surface area contributed by atoms with Crippen LogP contribution in [-0.4, -0.2) is 54.4 Å². The molecular weight excluding hydrogens is 260 g/mol. The molecule has 6 nitrogen and oxygen atoms in total. The molecule has 2 N–H and O–H groups in total. The van der Waals surface area contributed by atoms with Crippen LogP contribution in [0.25, 0.3) is 0 Å². The summed E-state index contributed by atoms with van der Waals surface area (Å²) in [7, 11) is 1.59. The van der Waals surface area contributed by atoms with E-state index < -0.39 is 12.0 Å². The molecule has 2 amide bonds. The van der Waals surface area contributed by atoms with E-state index in [0.717, 1.165) is 12.8 Å². The summed E-state index contributed by atoms with van der Waals surface area (Å²) >= 11 is 0. The van der Waals surface area contributed by atoms with E-state index >= 15 is 0 Å². The number of hydrogen-bond donors (Lipinski definition) is 2. The van der Waals surface area contributed by atoms with Gasteiger partial charge in [-0.1, -0.05) is 13.8 Å².